The van der Waals surface area contributed by atoms with Crippen molar-refractivity contribution in [2.24, 2.45) is 62.6 Å². The number of carbonyl (C=O) groups is 5. The molecule has 6 aliphatic carbocycles. The molecule has 0 radical (unpaired) electrons. The molecule has 9 nitrogen and oxygen atoms in total. The third-order valence-corrected chi connectivity index (χ3v) is 18.3. The molecule has 0 saturated heterocycles. The summed E-state index contributed by atoms with van der Waals surface area (Å²) in [6.07, 6.45) is 2.44. The predicted molar refractivity (Wildman–Crippen MR) is 224 cm³/mol. The van der Waals surface area contributed by atoms with Gasteiger partial charge in [-0.15, -0.1) is 0 Å². The summed E-state index contributed by atoms with van der Waals surface area (Å²) in [6, 6.07) is 3.88. The number of aliphatic carboxylic acids is 1. The van der Waals surface area contributed by atoms with Crippen LogP contribution in [0, 0.1) is 62.6 Å². The van der Waals surface area contributed by atoms with Crippen LogP contribution < -0.4 is 10.6 Å². The van der Waals surface area contributed by atoms with Gasteiger partial charge in [0.05, 0.1) is 22.9 Å². The molecule has 336 valence electrons. The Balaban J connectivity index is 1.12. The Hall–Kier alpha value is -3.70. The molecule has 0 bridgehead atoms. The Labute approximate surface area is 359 Å². The SMILES string of the molecule is CC(C)C1=C2[C@H]3CC[C@@H]4[C@@]5(C)CC[C@H](OC(=O)[C@H]6C[C@@H](C(=O)O)C6(C)C)C(C)(C)[C@@H]5CC[C@@]4(C)[C@]3(C)CC[C@@]2(NC(=O)C(C)(C)NC(=O)c2ccc(C(F)(F)F)cc2)CC1=O. The molecule has 7 rings (SSSR count). The van der Waals surface area contributed by atoms with E-state index in [0.29, 0.717) is 24.7 Å². The van der Waals surface area contributed by atoms with Crippen molar-refractivity contribution in [2.45, 2.75) is 164 Å². The van der Waals surface area contributed by atoms with E-state index in [4.69, 9.17) is 4.74 Å². The molecule has 1 aromatic rings. The number of ether oxygens (including phenoxy) is 1. The van der Waals surface area contributed by atoms with Crippen LogP contribution in [0.1, 0.15) is 156 Å². The van der Waals surface area contributed by atoms with Gasteiger partial charge in [-0.3, -0.25) is 24.0 Å². The van der Waals surface area contributed by atoms with E-state index < -0.39 is 57.9 Å². The zero-order valence-electron chi connectivity index (χ0n) is 38.0. The van der Waals surface area contributed by atoms with E-state index >= 15 is 0 Å². The van der Waals surface area contributed by atoms with Crippen LogP contribution in [0.15, 0.2) is 35.4 Å². The number of nitrogens with one attached hydrogen (secondary N) is 2. The highest BCUT2D eigenvalue weighted by atomic mass is 19.4. The summed E-state index contributed by atoms with van der Waals surface area (Å²) in [5, 5.41) is 15.7. The minimum Gasteiger partial charge on any atom is -0.481 e. The summed E-state index contributed by atoms with van der Waals surface area (Å²) in [5.41, 5.74) is -2.65. The number of amides is 2. The van der Waals surface area contributed by atoms with E-state index in [1.807, 2.05) is 27.7 Å². The molecular formula is C49H67F3N2O7. The number of carboxylic acid groups (broad SMARTS) is 1. The van der Waals surface area contributed by atoms with E-state index in [1.165, 1.54) is 0 Å². The van der Waals surface area contributed by atoms with Crippen molar-refractivity contribution in [2.75, 3.05) is 0 Å². The standard InChI is InChI=1S/C49H67F3N2O7/c1-26(2)36-32(55)25-48(54-41(60)44(7,8)53-38(56)27-12-14-28(15-13-27)49(50,51)52)23-22-46(10)29(37(36)48)16-17-34-45(9)20-19-35(43(5,6)33(45)18-21-47(34,46)11)61-40(59)31-24-30(39(57)58)42(31,3)4/h12-15,26,29-31,33-35H,16-25H2,1-11H3,(H,53,56)(H,54,60)(H,57,58)/t29-,30+,31-,33+,34-,35+,45+,46-,47-,48-/m1/s1. The number of esters is 1. The zero-order chi connectivity index (χ0) is 45.3. The first-order valence-electron chi connectivity index (χ1n) is 22.5. The molecule has 0 heterocycles. The minimum absolute atomic E-state index is 0.00103. The van der Waals surface area contributed by atoms with Crippen molar-refractivity contribution in [1.29, 1.82) is 0 Å². The highest BCUT2D eigenvalue weighted by Crippen LogP contribution is 2.76. The summed E-state index contributed by atoms with van der Waals surface area (Å²) in [4.78, 5) is 67.2. The highest BCUT2D eigenvalue weighted by molar-refractivity contribution is 6.03. The van der Waals surface area contributed by atoms with Gasteiger partial charge in [0, 0.05) is 17.4 Å². The third-order valence-electron chi connectivity index (χ3n) is 18.3. The molecule has 2 amide bonds. The molecule has 61 heavy (non-hydrogen) atoms. The van der Waals surface area contributed by atoms with Gasteiger partial charge in [0.15, 0.2) is 5.78 Å². The first kappa shape index (κ1) is 45.3. The van der Waals surface area contributed by atoms with Crippen LogP contribution in [-0.2, 0) is 30.1 Å². The highest BCUT2D eigenvalue weighted by Gasteiger charge is 2.71. The number of hydrogen-bond acceptors (Lipinski definition) is 6. The van der Waals surface area contributed by atoms with Gasteiger partial charge in [-0.25, -0.2) is 0 Å². The largest absolute Gasteiger partial charge is 0.481 e. The second kappa shape index (κ2) is 14.4. The van der Waals surface area contributed by atoms with Gasteiger partial charge in [-0.1, -0.05) is 62.3 Å². The second-order valence-corrected chi connectivity index (χ2v) is 22.7. The van der Waals surface area contributed by atoms with Gasteiger partial charge in [0.25, 0.3) is 5.91 Å². The Morgan fingerprint density at radius 2 is 1.44 bits per heavy atom. The molecule has 3 N–H and O–H groups in total. The Bertz CT molecular complexity index is 2050. The maximum atomic E-state index is 14.4. The van der Waals surface area contributed by atoms with Crippen LogP contribution in [0.3, 0.4) is 0 Å². The number of carbonyl (C=O) groups excluding carboxylic acids is 4. The van der Waals surface area contributed by atoms with Crippen molar-refractivity contribution in [3.05, 3.63) is 46.5 Å². The Morgan fingerprint density at radius 3 is 2.02 bits per heavy atom. The van der Waals surface area contributed by atoms with E-state index in [1.54, 1.807) is 13.8 Å². The Morgan fingerprint density at radius 1 is 0.803 bits per heavy atom. The van der Waals surface area contributed by atoms with E-state index in [9.17, 15) is 42.3 Å². The van der Waals surface area contributed by atoms with Crippen LogP contribution in [0.4, 0.5) is 13.2 Å². The summed E-state index contributed by atoms with van der Waals surface area (Å²) >= 11 is 0. The normalized spacial score (nSPS) is 37.7. The van der Waals surface area contributed by atoms with Gasteiger partial charge in [-0.2, -0.15) is 13.2 Å². The van der Waals surface area contributed by atoms with Gasteiger partial charge in [0.2, 0.25) is 5.91 Å². The van der Waals surface area contributed by atoms with Crippen LogP contribution in [0.2, 0.25) is 0 Å². The fraction of sp³-hybridized carbons (Fsp3) is 0.735. The maximum Gasteiger partial charge on any atom is 0.416 e. The molecule has 0 aromatic heterocycles. The lowest BCUT2D eigenvalue weighted by atomic mass is 9.33. The molecule has 0 aliphatic heterocycles. The number of allylic oxidation sites excluding steroid dienone is 1. The lowest BCUT2D eigenvalue weighted by molar-refractivity contribution is -0.235. The average Bonchev–Trinajstić information content (AvgIpc) is 3.43. The molecular weight excluding hydrogens is 786 g/mol. The number of carboxylic acids is 1. The van der Waals surface area contributed by atoms with Gasteiger partial charge >= 0.3 is 18.1 Å². The number of ketones is 1. The van der Waals surface area contributed by atoms with Crippen molar-refractivity contribution in [1.82, 2.24) is 10.6 Å². The van der Waals surface area contributed by atoms with E-state index in [0.717, 1.165) is 80.4 Å². The van der Waals surface area contributed by atoms with Gasteiger partial charge in [-0.05, 0) is 152 Å². The topological polar surface area (TPSA) is 139 Å². The summed E-state index contributed by atoms with van der Waals surface area (Å²) in [7, 11) is 0. The molecule has 5 fully saturated rings. The smallest absolute Gasteiger partial charge is 0.416 e. The van der Waals surface area contributed by atoms with Crippen molar-refractivity contribution in [3.63, 3.8) is 0 Å². The number of rotatable bonds is 8. The fourth-order valence-corrected chi connectivity index (χ4v) is 14.5. The van der Waals surface area contributed by atoms with Crippen LogP contribution in [0.25, 0.3) is 0 Å². The number of Topliss-reactive ketones (excluding diaryl/α,β-unsaturated/α-hetero) is 1. The lowest BCUT2D eigenvalue weighted by Crippen LogP contribution is -2.68. The Kier molecular flexibility index (Phi) is 10.7. The summed E-state index contributed by atoms with van der Waals surface area (Å²) in [5.74, 6) is -2.57. The average molecular weight is 853 g/mol. The zero-order valence-corrected chi connectivity index (χ0v) is 38.0. The first-order valence-corrected chi connectivity index (χ1v) is 22.5. The van der Waals surface area contributed by atoms with Crippen LogP contribution >= 0.6 is 0 Å². The van der Waals surface area contributed by atoms with Crippen molar-refractivity contribution in [3.8, 4) is 0 Å². The van der Waals surface area contributed by atoms with Gasteiger partial charge < -0.3 is 20.5 Å². The fourth-order valence-electron chi connectivity index (χ4n) is 14.5. The molecule has 10 atom stereocenters. The minimum atomic E-state index is -4.55. The van der Waals surface area contributed by atoms with Crippen LogP contribution in [0.5, 0.6) is 0 Å². The molecule has 5 saturated carbocycles. The second-order valence-electron chi connectivity index (χ2n) is 22.7. The molecule has 12 heteroatoms. The molecule has 1 aromatic carbocycles. The lowest BCUT2D eigenvalue weighted by Gasteiger charge is -2.72. The maximum absolute atomic E-state index is 14.4. The van der Waals surface area contributed by atoms with Crippen molar-refractivity contribution < 1.29 is 47.0 Å². The molecule has 0 spiro atoms. The predicted octanol–water partition coefficient (Wildman–Crippen LogP) is 9.72. The van der Waals surface area contributed by atoms with Crippen molar-refractivity contribution >= 4 is 29.5 Å². The summed E-state index contributed by atoms with van der Waals surface area (Å²) in [6.45, 7) is 22.8. The van der Waals surface area contributed by atoms with Gasteiger partial charge in [0.1, 0.15) is 11.6 Å². The number of alkyl halides is 3. The number of benzene rings is 1. The number of halogens is 3. The number of hydrogen-bond donors (Lipinski definition) is 3. The molecule has 6 aliphatic rings. The number of fused-ring (bicyclic) bond motifs is 7. The quantitative estimate of drug-likeness (QED) is 0.222. The van der Waals surface area contributed by atoms with Crippen LogP contribution in [-0.4, -0.2) is 51.8 Å². The third kappa shape index (κ3) is 6.80. The van der Waals surface area contributed by atoms with E-state index in [2.05, 4.69) is 45.3 Å². The first-order chi connectivity index (χ1) is 28.0. The van der Waals surface area contributed by atoms with E-state index in [-0.39, 0.29) is 63.3 Å². The monoisotopic (exact) mass is 852 g/mol. The summed E-state index contributed by atoms with van der Waals surface area (Å²) < 4.78 is 46.0. The molecule has 0 unspecified atom stereocenters.